The topological polar surface area (TPSA) is 70.1 Å². The summed E-state index contributed by atoms with van der Waals surface area (Å²) in [5.41, 5.74) is 5.24. The molecule has 1 aromatic rings. The highest BCUT2D eigenvalue weighted by molar-refractivity contribution is 5.81. The second kappa shape index (κ2) is 6.31. The second-order valence-electron chi connectivity index (χ2n) is 3.19. The summed E-state index contributed by atoms with van der Waals surface area (Å²) in [5.74, 6) is 0.822. The van der Waals surface area contributed by atoms with Crippen molar-refractivity contribution >= 4 is 5.78 Å². The third-order valence-electron chi connectivity index (χ3n) is 2.02. The largest absolute Gasteiger partial charge is 0.372 e. The lowest BCUT2D eigenvalue weighted by Crippen LogP contribution is -2.17. The van der Waals surface area contributed by atoms with Crippen LogP contribution in [0, 0.1) is 0 Å². The van der Waals surface area contributed by atoms with Gasteiger partial charge < -0.3 is 15.0 Å². The van der Waals surface area contributed by atoms with Crippen molar-refractivity contribution in [3.8, 4) is 0 Å². The van der Waals surface area contributed by atoms with Crippen molar-refractivity contribution in [1.82, 2.24) is 9.55 Å². The molecular formula is C10H17N3O2. The molecule has 1 aromatic heterocycles. The highest BCUT2D eigenvalue weighted by Gasteiger charge is 2.08. The summed E-state index contributed by atoms with van der Waals surface area (Å²) in [6, 6.07) is 0. The highest BCUT2D eigenvalue weighted by Crippen LogP contribution is 1.99. The van der Waals surface area contributed by atoms with Crippen LogP contribution in [0.15, 0.2) is 12.4 Å². The van der Waals surface area contributed by atoms with E-state index in [2.05, 4.69) is 4.98 Å². The van der Waals surface area contributed by atoms with Gasteiger partial charge in [-0.15, -0.1) is 0 Å². The molecule has 15 heavy (non-hydrogen) atoms. The van der Waals surface area contributed by atoms with Crippen LogP contribution in [0.25, 0.3) is 0 Å². The molecule has 0 saturated heterocycles. The lowest BCUT2D eigenvalue weighted by molar-refractivity contribution is -0.122. The average molecular weight is 211 g/mol. The van der Waals surface area contributed by atoms with Crippen LogP contribution in [0.1, 0.15) is 12.7 Å². The maximum absolute atomic E-state index is 11.4. The summed E-state index contributed by atoms with van der Waals surface area (Å²) in [7, 11) is 0. The van der Waals surface area contributed by atoms with Crippen molar-refractivity contribution < 1.29 is 9.53 Å². The molecule has 84 valence electrons. The zero-order valence-corrected chi connectivity index (χ0v) is 8.98. The second-order valence-corrected chi connectivity index (χ2v) is 3.19. The molecule has 5 nitrogen and oxygen atoms in total. The number of Topliss-reactive ketones (excluding diaryl/α,β-unsaturated/α-hetero) is 1. The summed E-state index contributed by atoms with van der Waals surface area (Å²) in [6.07, 6.45) is 3.89. The molecule has 0 aliphatic heterocycles. The molecule has 1 rings (SSSR count). The summed E-state index contributed by atoms with van der Waals surface area (Å²) in [4.78, 5) is 15.6. The van der Waals surface area contributed by atoms with E-state index < -0.39 is 0 Å². The molecule has 0 fully saturated rings. The zero-order chi connectivity index (χ0) is 11.1. The Hall–Kier alpha value is -1.20. The van der Waals surface area contributed by atoms with Gasteiger partial charge in [-0.3, -0.25) is 4.79 Å². The van der Waals surface area contributed by atoms with Crippen molar-refractivity contribution in [2.24, 2.45) is 5.73 Å². The number of hydrogen-bond acceptors (Lipinski definition) is 4. The molecule has 1 heterocycles. The van der Waals surface area contributed by atoms with E-state index in [9.17, 15) is 4.79 Å². The fourth-order valence-corrected chi connectivity index (χ4v) is 1.29. The molecule has 0 aliphatic rings. The third kappa shape index (κ3) is 3.81. The van der Waals surface area contributed by atoms with Gasteiger partial charge in [-0.05, 0) is 6.92 Å². The molecule has 5 heteroatoms. The van der Waals surface area contributed by atoms with Crippen LogP contribution in [0.2, 0.25) is 0 Å². The number of ketones is 1. The Kier molecular flexibility index (Phi) is 5.00. The van der Waals surface area contributed by atoms with Crippen LogP contribution in [0.3, 0.4) is 0 Å². The van der Waals surface area contributed by atoms with Gasteiger partial charge in [-0.1, -0.05) is 0 Å². The summed E-state index contributed by atoms with van der Waals surface area (Å²) >= 11 is 0. The molecule has 2 N–H and O–H groups in total. The zero-order valence-electron chi connectivity index (χ0n) is 8.98. The lowest BCUT2D eigenvalue weighted by atomic mass is 10.3. The van der Waals surface area contributed by atoms with Crippen LogP contribution in [0.4, 0.5) is 0 Å². The van der Waals surface area contributed by atoms with Crippen molar-refractivity contribution in [1.29, 1.82) is 0 Å². The number of carbonyl (C=O) groups excluding carboxylic acids is 1. The molecular weight excluding hydrogens is 194 g/mol. The van der Waals surface area contributed by atoms with Gasteiger partial charge in [-0.25, -0.2) is 4.98 Å². The van der Waals surface area contributed by atoms with Gasteiger partial charge in [0.2, 0.25) is 0 Å². The first-order valence-corrected chi connectivity index (χ1v) is 5.07. The van der Waals surface area contributed by atoms with Crippen LogP contribution < -0.4 is 5.73 Å². The van der Waals surface area contributed by atoms with E-state index in [-0.39, 0.29) is 12.4 Å². The van der Waals surface area contributed by atoms with Crippen LogP contribution in [0.5, 0.6) is 0 Å². The van der Waals surface area contributed by atoms with E-state index in [4.69, 9.17) is 10.5 Å². The Labute approximate surface area is 89.2 Å². The normalized spacial score (nSPS) is 10.5. The Balaban J connectivity index is 2.37. The predicted molar refractivity (Wildman–Crippen MR) is 56.5 cm³/mol. The first kappa shape index (κ1) is 11.9. The molecule has 0 atom stereocenters. The Morgan fingerprint density at radius 1 is 1.67 bits per heavy atom. The predicted octanol–water partition coefficient (Wildman–Crippen LogP) is -0.0101. The number of aromatic nitrogens is 2. The quantitative estimate of drug-likeness (QED) is 0.644. The molecule has 0 radical (unpaired) electrons. The number of ether oxygens (including phenoxy) is 1. The monoisotopic (exact) mass is 211 g/mol. The van der Waals surface area contributed by atoms with Gasteiger partial charge in [0.25, 0.3) is 0 Å². The van der Waals surface area contributed by atoms with Crippen molar-refractivity contribution in [2.45, 2.75) is 19.9 Å². The van der Waals surface area contributed by atoms with Gasteiger partial charge in [0.05, 0.1) is 13.0 Å². The molecule has 0 spiro atoms. The number of rotatable bonds is 7. The Morgan fingerprint density at radius 2 is 2.47 bits per heavy atom. The minimum atomic E-state index is 0.0318. The van der Waals surface area contributed by atoms with Crippen molar-refractivity contribution in [3.63, 3.8) is 0 Å². The van der Waals surface area contributed by atoms with Crippen LogP contribution >= 0.6 is 0 Å². The number of nitrogens with two attached hydrogens (primary N) is 1. The number of nitrogens with zero attached hydrogens (tertiary/aromatic N) is 2. The number of hydrogen-bond donors (Lipinski definition) is 1. The Bertz CT molecular complexity index is 309. The first-order chi connectivity index (χ1) is 7.27. The molecule has 0 bridgehead atoms. The molecule has 0 saturated carbocycles. The number of imidazole rings is 1. The third-order valence-corrected chi connectivity index (χ3v) is 2.02. The maximum atomic E-state index is 11.4. The van der Waals surface area contributed by atoms with Gasteiger partial charge in [0, 0.05) is 25.5 Å². The van der Waals surface area contributed by atoms with Crippen molar-refractivity contribution in [3.05, 3.63) is 18.2 Å². The van der Waals surface area contributed by atoms with Gasteiger partial charge in [0.15, 0.2) is 5.78 Å². The van der Waals surface area contributed by atoms with Gasteiger partial charge >= 0.3 is 0 Å². The maximum Gasteiger partial charge on any atom is 0.165 e. The first-order valence-electron chi connectivity index (χ1n) is 5.07. The van der Waals surface area contributed by atoms with E-state index in [1.807, 2.05) is 17.7 Å². The average Bonchev–Trinajstić information content (AvgIpc) is 2.65. The molecule has 0 aliphatic carbocycles. The van der Waals surface area contributed by atoms with E-state index in [0.29, 0.717) is 19.6 Å². The number of aryl methyl sites for hydroxylation is 1. The van der Waals surface area contributed by atoms with Crippen LogP contribution in [-0.4, -0.2) is 35.1 Å². The highest BCUT2D eigenvalue weighted by atomic mass is 16.5. The molecule has 0 amide bonds. The lowest BCUT2D eigenvalue weighted by Gasteiger charge is -2.04. The minimum Gasteiger partial charge on any atom is -0.372 e. The van der Waals surface area contributed by atoms with E-state index in [1.165, 1.54) is 0 Å². The summed E-state index contributed by atoms with van der Waals surface area (Å²) in [5, 5.41) is 0. The van der Waals surface area contributed by atoms with Gasteiger partial charge in [-0.2, -0.15) is 0 Å². The SMILES string of the molecule is CCn1ccnc1CC(=O)COCCN. The van der Waals surface area contributed by atoms with Crippen molar-refractivity contribution in [2.75, 3.05) is 19.8 Å². The number of carbonyl (C=O) groups is 1. The summed E-state index contributed by atoms with van der Waals surface area (Å²) < 4.78 is 7.00. The standard InChI is InChI=1S/C10H17N3O2/c1-2-13-5-4-12-10(13)7-9(14)8-15-6-3-11/h4-5H,2-3,6-8,11H2,1H3. The fourth-order valence-electron chi connectivity index (χ4n) is 1.29. The minimum absolute atomic E-state index is 0.0318. The molecule has 0 aromatic carbocycles. The Morgan fingerprint density at radius 3 is 3.13 bits per heavy atom. The van der Waals surface area contributed by atoms with Gasteiger partial charge in [0.1, 0.15) is 12.4 Å². The summed E-state index contributed by atoms with van der Waals surface area (Å²) in [6.45, 7) is 3.82. The van der Waals surface area contributed by atoms with E-state index >= 15 is 0 Å². The van der Waals surface area contributed by atoms with Crippen LogP contribution in [-0.2, 0) is 22.5 Å². The fraction of sp³-hybridized carbons (Fsp3) is 0.600. The van der Waals surface area contributed by atoms with E-state index in [0.717, 1.165) is 12.4 Å². The molecule has 0 unspecified atom stereocenters. The van der Waals surface area contributed by atoms with E-state index in [1.54, 1.807) is 6.20 Å². The smallest absolute Gasteiger partial charge is 0.165 e.